The summed E-state index contributed by atoms with van der Waals surface area (Å²) in [7, 11) is 0. The Morgan fingerprint density at radius 3 is 2.38 bits per heavy atom. The van der Waals surface area contributed by atoms with Crippen LogP contribution in [-0.2, 0) is 4.79 Å². The minimum absolute atomic E-state index is 0.0173. The summed E-state index contributed by atoms with van der Waals surface area (Å²) in [6.45, 7) is 0. The van der Waals surface area contributed by atoms with Crippen molar-refractivity contribution < 1.29 is 23.4 Å². The number of fused-ring (bicyclic) bond motifs is 1. The Kier molecular flexibility index (Phi) is 5.09. The number of aromatic nitrogens is 2. The van der Waals surface area contributed by atoms with Crippen molar-refractivity contribution in [3.8, 4) is 28.3 Å². The Morgan fingerprint density at radius 2 is 1.69 bits per heavy atom. The van der Waals surface area contributed by atoms with Crippen LogP contribution in [0.3, 0.4) is 0 Å². The van der Waals surface area contributed by atoms with Crippen LogP contribution in [0.2, 0.25) is 0 Å². The van der Waals surface area contributed by atoms with E-state index in [-0.39, 0.29) is 28.7 Å². The maximum atomic E-state index is 15.3. The molecule has 0 aliphatic heterocycles. The minimum Gasteiger partial charge on any atom is -0.481 e. The Bertz CT molecular complexity index is 1290. The number of imidazole rings is 1. The molecule has 0 saturated heterocycles. The first-order chi connectivity index (χ1) is 15.5. The zero-order valence-electron chi connectivity index (χ0n) is 17.0. The number of nitrogens with zero attached hydrogens (tertiary/aromatic N) is 1. The van der Waals surface area contributed by atoms with E-state index in [1.54, 1.807) is 12.1 Å². The molecule has 32 heavy (non-hydrogen) atoms. The van der Waals surface area contributed by atoms with Crippen LogP contribution in [0.15, 0.2) is 60.7 Å². The first-order valence-corrected chi connectivity index (χ1v) is 10.4. The highest BCUT2D eigenvalue weighted by molar-refractivity contribution is 5.84. The van der Waals surface area contributed by atoms with Gasteiger partial charge in [0, 0.05) is 6.07 Å². The molecule has 0 amide bonds. The normalized spacial score (nSPS) is 18.2. The van der Waals surface area contributed by atoms with Gasteiger partial charge in [0.05, 0.1) is 17.0 Å². The van der Waals surface area contributed by atoms with E-state index in [4.69, 9.17) is 9.84 Å². The molecule has 5 rings (SSSR count). The van der Waals surface area contributed by atoms with Gasteiger partial charge in [-0.1, -0.05) is 54.6 Å². The first-order valence-electron chi connectivity index (χ1n) is 10.4. The topological polar surface area (TPSA) is 75.2 Å². The molecular weight excluding hydrogens is 414 g/mol. The van der Waals surface area contributed by atoms with Gasteiger partial charge >= 0.3 is 5.97 Å². The van der Waals surface area contributed by atoms with Gasteiger partial charge in [0.15, 0.2) is 5.82 Å². The summed E-state index contributed by atoms with van der Waals surface area (Å²) in [5.41, 5.74) is 2.39. The van der Waals surface area contributed by atoms with Crippen molar-refractivity contribution in [2.24, 2.45) is 5.92 Å². The average Bonchev–Trinajstić information content (AvgIpc) is 3.42. The first kappa shape index (κ1) is 20.2. The largest absolute Gasteiger partial charge is 0.481 e. The Balaban J connectivity index is 1.44. The van der Waals surface area contributed by atoms with Crippen molar-refractivity contribution in [1.29, 1.82) is 0 Å². The molecular formula is C25H20F2N2O3. The Morgan fingerprint density at radius 1 is 1.00 bits per heavy atom. The second kappa shape index (κ2) is 8.07. The van der Waals surface area contributed by atoms with Gasteiger partial charge in [-0.15, -0.1) is 0 Å². The van der Waals surface area contributed by atoms with E-state index in [9.17, 15) is 9.18 Å². The maximum absolute atomic E-state index is 15.3. The van der Waals surface area contributed by atoms with Gasteiger partial charge in [-0.3, -0.25) is 4.79 Å². The van der Waals surface area contributed by atoms with Crippen LogP contribution >= 0.6 is 0 Å². The van der Waals surface area contributed by atoms with Crippen LogP contribution in [0, 0.1) is 17.6 Å². The molecule has 3 aromatic carbocycles. The molecule has 0 spiro atoms. The van der Waals surface area contributed by atoms with Gasteiger partial charge in [-0.05, 0) is 36.0 Å². The molecule has 2 atom stereocenters. The molecule has 5 nitrogen and oxygen atoms in total. The average molecular weight is 434 g/mol. The van der Waals surface area contributed by atoms with E-state index in [1.165, 1.54) is 6.07 Å². The monoisotopic (exact) mass is 434 g/mol. The highest BCUT2D eigenvalue weighted by Gasteiger charge is 2.31. The quantitative estimate of drug-likeness (QED) is 0.416. The van der Waals surface area contributed by atoms with Gasteiger partial charge in [0.25, 0.3) is 6.01 Å². The lowest BCUT2D eigenvalue weighted by Gasteiger charge is -2.09. The number of H-pyrrole nitrogens is 1. The maximum Gasteiger partial charge on any atom is 0.306 e. The van der Waals surface area contributed by atoms with Crippen LogP contribution in [-0.4, -0.2) is 27.1 Å². The van der Waals surface area contributed by atoms with E-state index < -0.39 is 23.5 Å². The third-order valence-corrected chi connectivity index (χ3v) is 5.94. The van der Waals surface area contributed by atoms with Crippen molar-refractivity contribution in [2.45, 2.75) is 25.4 Å². The van der Waals surface area contributed by atoms with Crippen molar-refractivity contribution in [2.75, 3.05) is 0 Å². The molecule has 1 fully saturated rings. The molecule has 162 valence electrons. The summed E-state index contributed by atoms with van der Waals surface area (Å²) in [6, 6.07) is 18.0. The van der Waals surface area contributed by atoms with Crippen LogP contribution < -0.4 is 4.74 Å². The molecule has 7 heteroatoms. The number of halogens is 2. The van der Waals surface area contributed by atoms with Crippen LogP contribution in [0.4, 0.5) is 8.78 Å². The molecule has 1 heterocycles. The molecule has 2 N–H and O–H groups in total. The second-order valence-electron chi connectivity index (χ2n) is 8.02. The van der Waals surface area contributed by atoms with Gasteiger partial charge in [0.2, 0.25) is 0 Å². The smallest absolute Gasteiger partial charge is 0.306 e. The summed E-state index contributed by atoms with van der Waals surface area (Å²) in [4.78, 5) is 18.1. The predicted octanol–water partition coefficient (Wildman–Crippen LogP) is 5.81. The molecule has 0 radical (unpaired) electrons. The number of carbonyl (C=O) groups is 1. The van der Waals surface area contributed by atoms with Crippen molar-refractivity contribution in [1.82, 2.24) is 9.97 Å². The van der Waals surface area contributed by atoms with Crippen molar-refractivity contribution in [3.05, 3.63) is 72.3 Å². The lowest BCUT2D eigenvalue weighted by molar-refractivity contribution is -0.141. The molecule has 1 aromatic heterocycles. The lowest BCUT2D eigenvalue weighted by Crippen LogP contribution is -2.16. The fourth-order valence-electron chi connectivity index (χ4n) is 4.27. The fraction of sp³-hybridized carbons (Fsp3) is 0.200. The standard InChI is InChI=1S/C25H20F2N2O3/c26-19-13-20-23(29-25(28-20)32-18-11-10-17(12-18)24(30)31)22(27)21(19)16-8-6-15(7-9-16)14-4-2-1-3-5-14/h1-9,13,17-18H,10-12H2,(H,28,29)(H,30,31). The van der Waals surface area contributed by atoms with E-state index in [2.05, 4.69) is 9.97 Å². The van der Waals surface area contributed by atoms with Crippen LogP contribution in [0.1, 0.15) is 19.3 Å². The molecule has 0 bridgehead atoms. The third-order valence-electron chi connectivity index (χ3n) is 5.94. The molecule has 1 aliphatic carbocycles. The second-order valence-corrected chi connectivity index (χ2v) is 8.02. The summed E-state index contributed by atoms with van der Waals surface area (Å²) in [5.74, 6) is -2.78. The van der Waals surface area contributed by atoms with Gasteiger partial charge in [-0.2, -0.15) is 4.98 Å². The summed E-state index contributed by atoms with van der Waals surface area (Å²) in [5, 5.41) is 9.13. The zero-order chi connectivity index (χ0) is 22.2. The SMILES string of the molecule is O=C(O)C1CCC(Oc2nc3c(F)c(-c4ccc(-c5ccccc5)cc4)c(F)cc3[nH]2)C1. The number of aromatic amines is 1. The number of hydrogen-bond acceptors (Lipinski definition) is 3. The lowest BCUT2D eigenvalue weighted by atomic mass is 9.99. The summed E-state index contributed by atoms with van der Waals surface area (Å²) >= 11 is 0. The third kappa shape index (κ3) is 3.70. The van der Waals surface area contributed by atoms with Crippen molar-refractivity contribution >= 4 is 17.0 Å². The fourth-order valence-corrected chi connectivity index (χ4v) is 4.27. The highest BCUT2D eigenvalue weighted by Crippen LogP contribution is 2.34. The summed E-state index contributed by atoms with van der Waals surface area (Å²) in [6.07, 6.45) is 1.13. The number of rotatable bonds is 5. The van der Waals surface area contributed by atoms with Crippen LogP contribution in [0.25, 0.3) is 33.3 Å². The van der Waals surface area contributed by atoms with Crippen LogP contribution in [0.5, 0.6) is 6.01 Å². The number of ether oxygens (including phenoxy) is 1. The number of nitrogens with one attached hydrogen (secondary N) is 1. The predicted molar refractivity (Wildman–Crippen MR) is 116 cm³/mol. The highest BCUT2D eigenvalue weighted by atomic mass is 19.1. The zero-order valence-corrected chi connectivity index (χ0v) is 17.0. The van der Waals surface area contributed by atoms with Crippen molar-refractivity contribution in [3.63, 3.8) is 0 Å². The van der Waals surface area contributed by atoms with E-state index in [0.717, 1.165) is 11.1 Å². The number of aliphatic carboxylic acids is 1. The number of carboxylic acids is 1. The molecule has 1 aliphatic rings. The van der Waals surface area contributed by atoms with E-state index >= 15 is 4.39 Å². The molecule has 4 aromatic rings. The Labute approximate surface area is 182 Å². The molecule has 1 saturated carbocycles. The van der Waals surface area contributed by atoms with Gasteiger partial charge < -0.3 is 14.8 Å². The van der Waals surface area contributed by atoms with Gasteiger partial charge in [-0.25, -0.2) is 8.78 Å². The Hall–Kier alpha value is -3.74. The number of carboxylic acid groups (broad SMARTS) is 1. The summed E-state index contributed by atoms with van der Waals surface area (Å²) < 4.78 is 35.9. The minimum atomic E-state index is -0.850. The van der Waals surface area contributed by atoms with Gasteiger partial charge in [0.1, 0.15) is 17.4 Å². The molecule has 2 unspecified atom stereocenters. The van der Waals surface area contributed by atoms with E-state index in [0.29, 0.717) is 24.8 Å². The number of hydrogen-bond donors (Lipinski definition) is 2. The van der Waals surface area contributed by atoms with E-state index in [1.807, 2.05) is 42.5 Å². The number of benzene rings is 3.